The molecule has 0 fully saturated rings. The molecule has 0 saturated heterocycles. The Hall–Kier alpha value is -4.05. The largest absolute Gasteiger partial charge is 0.494 e. The molecular weight excluding hydrogens is 450 g/mol. The molecule has 9 nitrogen and oxygen atoms in total. The molecule has 0 atom stereocenters. The Bertz CT molecular complexity index is 1260. The molecule has 172 valence electrons. The second-order valence-electron chi connectivity index (χ2n) is 7.07. The van der Waals surface area contributed by atoms with Gasteiger partial charge in [0.15, 0.2) is 11.0 Å². The summed E-state index contributed by atoms with van der Waals surface area (Å²) in [6.07, 6.45) is 6.79. The summed E-state index contributed by atoms with van der Waals surface area (Å²) < 4.78 is 7.45. The molecule has 0 aliphatic heterocycles. The number of rotatable bonds is 9. The highest BCUT2D eigenvalue weighted by Crippen LogP contribution is 2.28. The Kier molecular flexibility index (Phi) is 7.61. The third kappa shape index (κ3) is 5.65. The van der Waals surface area contributed by atoms with Crippen LogP contribution in [0.4, 0.5) is 0 Å². The van der Waals surface area contributed by atoms with E-state index in [2.05, 4.69) is 30.7 Å². The van der Waals surface area contributed by atoms with Crippen molar-refractivity contribution in [1.82, 2.24) is 30.2 Å². The van der Waals surface area contributed by atoms with Crippen LogP contribution in [0.3, 0.4) is 0 Å². The van der Waals surface area contributed by atoms with Crippen LogP contribution in [0.1, 0.15) is 19.4 Å². The van der Waals surface area contributed by atoms with Crippen LogP contribution in [0, 0.1) is 0 Å². The predicted molar refractivity (Wildman–Crippen MR) is 131 cm³/mol. The van der Waals surface area contributed by atoms with Gasteiger partial charge in [-0.15, -0.1) is 10.2 Å². The van der Waals surface area contributed by atoms with Gasteiger partial charge >= 0.3 is 0 Å². The van der Waals surface area contributed by atoms with E-state index in [0.717, 1.165) is 22.6 Å². The molecule has 1 aromatic carbocycles. The first kappa shape index (κ1) is 23.1. The number of hydrazone groups is 1. The number of hydrogen-bond donors (Lipinski definition) is 1. The molecule has 0 radical (unpaired) electrons. The maximum Gasteiger partial charge on any atom is 0.250 e. The SMILES string of the molecule is CCOc1ccc(-n2c(SCC(=O)N/N=C(/C)c3ccncc3)nnc2-c2cccnc2)cc1. The van der Waals surface area contributed by atoms with Crippen molar-refractivity contribution in [1.29, 1.82) is 0 Å². The van der Waals surface area contributed by atoms with Gasteiger partial charge in [-0.25, -0.2) is 5.43 Å². The van der Waals surface area contributed by atoms with E-state index < -0.39 is 0 Å². The molecule has 3 aromatic heterocycles. The molecule has 0 spiro atoms. The third-order valence-electron chi connectivity index (χ3n) is 4.74. The van der Waals surface area contributed by atoms with Crippen LogP contribution in [-0.2, 0) is 4.79 Å². The van der Waals surface area contributed by atoms with Crippen molar-refractivity contribution >= 4 is 23.4 Å². The maximum absolute atomic E-state index is 12.5. The highest BCUT2D eigenvalue weighted by molar-refractivity contribution is 7.99. The molecule has 3 heterocycles. The Balaban J connectivity index is 1.53. The van der Waals surface area contributed by atoms with Crippen LogP contribution in [0.5, 0.6) is 5.75 Å². The van der Waals surface area contributed by atoms with E-state index >= 15 is 0 Å². The Morgan fingerprint density at radius 3 is 2.56 bits per heavy atom. The topological polar surface area (TPSA) is 107 Å². The molecule has 1 amide bonds. The van der Waals surface area contributed by atoms with Gasteiger partial charge in [0.1, 0.15) is 5.75 Å². The van der Waals surface area contributed by atoms with Gasteiger partial charge in [-0.1, -0.05) is 11.8 Å². The fourth-order valence-electron chi connectivity index (χ4n) is 3.10. The summed E-state index contributed by atoms with van der Waals surface area (Å²) in [4.78, 5) is 20.6. The molecule has 0 bridgehead atoms. The normalized spacial score (nSPS) is 11.3. The van der Waals surface area contributed by atoms with Crippen molar-refractivity contribution in [3.63, 3.8) is 0 Å². The summed E-state index contributed by atoms with van der Waals surface area (Å²) in [5.41, 5.74) is 5.84. The minimum absolute atomic E-state index is 0.120. The van der Waals surface area contributed by atoms with E-state index in [4.69, 9.17) is 4.74 Å². The Morgan fingerprint density at radius 1 is 1.06 bits per heavy atom. The van der Waals surface area contributed by atoms with E-state index in [-0.39, 0.29) is 11.7 Å². The van der Waals surface area contributed by atoms with Gasteiger partial charge in [0.25, 0.3) is 5.91 Å². The molecule has 4 aromatic rings. The fraction of sp³-hybridized carbons (Fsp3) is 0.167. The molecular formula is C24H23N7O2S. The molecule has 0 saturated carbocycles. The van der Waals surface area contributed by atoms with Gasteiger partial charge in [-0.05, 0) is 62.4 Å². The first-order valence-corrected chi connectivity index (χ1v) is 11.6. The number of nitrogens with zero attached hydrogens (tertiary/aromatic N) is 6. The summed E-state index contributed by atoms with van der Waals surface area (Å²) in [5.74, 6) is 1.28. The predicted octanol–water partition coefficient (Wildman–Crippen LogP) is 3.76. The van der Waals surface area contributed by atoms with Crippen molar-refractivity contribution < 1.29 is 9.53 Å². The number of aromatic nitrogens is 5. The highest BCUT2D eigenvalue weighted by atomic mass is 32.2. The molecule has 0 aliphatic rings. The van der Waals surface area contributed by atoms with E-state index in [1.54, 1.807) is 24.8 Å². The van der Waals surface area contributed by atoms with Crippen LogP contribution < -0.4 is 10.2 Å². The summed E-state index contributed by atoms with van der Waals surface area (Å²) in [7, 11) is 0. The van der Waals surface area contributed by atoms with E-state index in [0.29, 0.717) is 23.3 Å². The number of nitrogens with one attached hydrogen (secondary N) is 1. The number of ether oxygens (including phenoxy) is 1. The summed E-state index contributed by atoms with van der Waals surface area (Å²) >= 11 is 1.27. The molecule has 0 aliphatic carbocycles. The van der Waals surface area contributed by atoms with Crippen LogP contribution in [-0.4, -0.2) is 48.7 Å². The second kappa shape index (κ2) is 11.2. The van der Waals surface area contributed by atoms with Crippen LogP contribution in [0.2, 0.25) is 0 Å². The van der Waals surface area contributed by atoms with Gasteiger partial charge in [-0.3, -0.25) is 19.3 Å². The molecule has 0 unspecified atom stereocenters. The number of amides is 1. The highest BCUT2D eigenvalue weighted by Gasteiger charge is 2.17. The van der Waals surface area contributed by atoms with Gasteiger partial charge < -0.3 is 4.74 Å². The monoisotopic (exact) mass is 473 g/mol. The molecule has 10 heteroatoms. The van der Waals surface area contributed by atoms with Crippen LogP contribution >= 0.6 is 11.8 Å². The lowest BCUT2D eigenvalue weighted by Gasteiger charge is -2.11. The first-order valence-electron chi connectivity index (χ1n) is 10.6. The zero-order valence-electron chi connectivity index (χ0n) is 18.8. The lowest BCUT2D eigenvalue weighted by molar-refractivity contribution is -0.118. The van der Waals surface area contributed by atoms with E-state index in [1.165, 1.54) is 11.8 Å². The summed E-state index contributed by atoms with van der Waals surface area (Å²) in [6, 6.07) is 15.1. The van der Waals surface area contributed by atoms with Crippen molar-refractivity contribution in [3.05, 3.63) is 78.9 Å². The quantitative estimate of drug-likeness (QED) is 0.224. The molecule has 1 N–H and O–H groups in total. The van der Waals surface area contributed by atoms with Crippen molar-refractivity contribution in [2.24, 2.45) is 5.10 Å². The van der Waals surface area contributed by atoms with E-state index in [1.807, 2.05) is 66.9 Å². The van der Waals surface area contributed by atoms with Gasteiger partial charge in [-0.2, -0.15) is 5.10 Å². The molecule has 4 rings (SSSR count). The number of thioether (sulfide) groups is 1. The van der Waals surface area contributed by atoms with Crippen molar-refractivity contribution in [3.8, 4) is 22.8 Å². The minimum atomic E-state index is -0.248. The van der Waals surface area contributed by atoms with Gasteiger partial charge in [0.2, 0.25) is 0 Å². The number of benzene rings is 1. The zero-order chi connectivity index (χ0) is 23.8. The second-order valence-corrected chi connectivity index (χ2v) is 8.01. The number of carbonyl (C=O) groups is 1. The van der Waals surface area contributed by atoms with Gasteiger partial charge in [0.05, 0.1) is 18.1 Å². The fourth-order valence-corrected chi connectivity index (χ4v) is 3.85. The Labute approximate surface area is 201 Å². The standard InChI is InChI=1S/C24H23N7O2S/c1-3-33-21-8-6-20(7-9-21)31-23(19-5-4-12-26-15-19)29-30-24(31)34-16-22(32)28-27-17(2)18-10-13-25-14-11-18/h4-15H,3,16H2,1-2H3,(H,28,32)/b27-17-. The number of carbonyl (C=O) groups excluding carboxylic acids is 1. The zero-order valence-corrected chi connectivity index (χ0v) is 19.6. The average molecular weight is 474 g/mol. The van der Waals surface area contributed by atoms with Gasteiger partial charge in [0, 0.05) is 41.6 Å². The van der Waals surface area contributed by atoms with E-state index in [9.17, 15) is 4.79 Å². The lowest BCUT2D eigenvalue weighted by Crippen LogP contribution is -2.21. The smallest absolute Gasteiger partial charge is 0.250 e. The summed E-state index contributed by atoms with van der Waals surface area (Å²) in [5, 5.41) is 13.5. The van der Waals surface area contributed by atoms with Crippen LogP contribution in [0.25, 0.3) is 17.1 Å². The maximum atomic E-state index is 12.5. The average Bonchev–Trinajstić information content (AvgIpc) is 3.31. The third-order valence-corrected chi connectivity index (χ3v) is 5.67. The number of hydrogen-bond acceptors (Lipinski definition) is 8. The summed E-state index contributed by atoms with van der Waals surface area (Å²) in [6.45, 7) is 4.36. The minimum Gasteiger partial charge on any atom is -0.494 e. The first-order chi connectivity index (χ1) is 16.7. The molecule has 34 heavy (non-hydrogen) atoms. The van der Waals surface area contributed by atoms with Crippen LogP contribution in [0.15, 0.2) is 83.6 Å². The van der Waals surface area contributed by atoms with Crippen molar-refractivity contribution in [2.75, 3.05) is 12.4 Å². The number of pyridine rings is 2. The lowest BCUT2D eigenvalue weighted by atomic mass is 10.2. The van der Waals surface area contributed by atoms with Crippen molar-refractivity contribution in [2.45, 2.75) is 19.0 Å². The Morgan fingerprint density at radius 2 is 1.85 bits per heavy atom.